The molecule has 6 nitrogen and oxygen atoms in total. The molecule has 6 heteroatoms. The standard InChI is InChI=1S/C28H28N4O2/c33-26(21-5-6-21)31-14-10-18(16-31)17-32-25(30-28(11-12-28)27(32)34)20-3-1-19(2-4-20)22-7-8-24-23(15-22)9-13-29-24/h1-4,7-9,13,15,18,21,29H,5-6,10-12,14,16-17H2/t18-/m1/s1. The third-order valence-electron chi connectivity index (χ3n) is 7.94. The predicted molar refractivity (Wildman–Crippen MR) is 131 cm³/mol. The van der Waals surface area contributed by atoms with Crippen LogP contribution in [0.5, 0.6) is 0 Å². The van der Waals surface area contributed by atoms with Crippen molar-refractivity contribution >= 4 is 28.6 Å². The zero-order valence-corrected chi connectivity index (χ0v) is 19.2. The number of aromatic amines is 1. The first-order valence-corrected chi connectivity index (χ1v) is 12.5. The first-order valence-electron chi connectivity index (χ1n) is 12.5. The SMILES string of the molecule is O=C(C1CC1)N1CC[C@@H](CN2C(=O)C3(CC3)N=C2c2ccc(-c3ccc4[nH]ccc4c3)cc2)C1. The van der Waals surface area contributed by atoms with Crippen LogP contribution in [-0.4, -0.2) is 57.6 Å². The van der Waals surface area contributed by atoms with Gasteiger partial charge in [0.2, 0.25) is 5.91 Å². The fraction of sp³-hybridized carbons (Fsp3) is 0.393. The van der Waals surface area contributed by atoms with Crippen molar-refractivity contribution in [2.75, 3.05) is 19.6 Å². The molecule has 34 heavy (non-hydrogen) atoms. The summed E-state index contributed by atoms with van der Waals surface area (Å²) in [7, 11) is 0. The van der Waals surface area contributed by atoms with E-state index in [0.717, 1.165) is 67.7 Å². The Balaban J connectivity index is 1.12. The van der Waals surface area contributed by atoms with E-state index in [1.54, 1.807) is 0 Å². The van der Waals surface area contributed by atoms with Crippen LogP contribution >= 0.6 is 0 Å². The lowest BCUT2D eigenvalue weighted by Gasteiger charge is -2.23. The van der Waals surface area contributed by atoms with Gasteiger partial charge in [0.25, 0.3) is 5.91 Å². The highest BCUT2D eigenvalue weighted by Gasteiger charge is 2.57. The molecule has 3 aromatic rings. The van der Waals surface area contributed by atoms with E-state index in [9.17, 15) is 9.59 Å². The molecule has 2 aromatic carbocycles. The second-order valence-corrected chi connectivity index (χ2v) is 10.5. The van der Waals surface area contributed by atoms with E-state index < -0.39 is 5.54 Å². The van der Waals surface area contributed by atoms with Crippen LogP contribution in [0.4, 0.5) is 0 Å². The molecule has 7 rings (SSSR count). The Bertz CT molecular complexity index is 1330. The minimum atomic E-state index is -0.518. The number of aliphatic imine (C=N–C) groups is 1. The molecule has 4 aliphatic rings. The number of carbonyl (C=O) groups excluding carboxylic acids is 2. The Morgan fingerprint density at radius 3 is 2.53 bits per heavy atom. The number of amides is 2. The minimum absolute atomic E-state index is 0.149. The largest absolute Gasteiger partial charge is 0.361 e. The van der Waals surface area contributed by atoms with Gasteiger partial charge >= 0.3 is 0 Å². The van der Waals surface area contributed by atoms with Crippen LogP contribution in [0.3, 0.4) is 0 Å². The van der Waals surface area contributed by atoms with Gasteiger partial charge in [0.1, 0.15) is 11.4 Å². The Morgan fingerprint density at radius 2 is 1.76 bits per heavy atom. The lowest BCUT2D eigenvalue weighted by molar-refractivity contribution is -0.131. The molecule has 1 saturated heterocycles. The van der Waals surface area contributed by atoms with Gasteiger partial charge in [-0.25, -0.2) is 0 Å². The van der Waals surface area contributed by atoms with Crippen LogP contribution in [0.15, 0.2) is 59.7 Å². The van der Waals surface area contributed by atoms with Gasteiger partial charge < -0.3 is 9.88 Å². The van der Waals surface area contributed by atoms with E-state index in [1.807, 2.05) is 16.0 Å². The van der Waals surface area contributed by atoms with Crippen LogP contribution in [0.2, 0.25) is 0 Å². The molecule has 1 spiro atoms. The minimum Gasteiger partial charge on any atom is -0.361 e. The number of aromatic nitrogens is 1. The molecule has 1 aromatic heterocycles. The van der Waals surface area contributed by atoms with E-state index in [1.165, 1.54) is 10.9 Å². The average molecular weight is 453 g/mol. The molecular formula is C28H28N4O2. The number of likely N-dealkylation sites (tertiary alicyclic amines) is 1. The highest BCUT2D eigenvalue weighted by molar-refractivity contribution is 6.16. The maximum Gasteiger partial charge on any atom is 0.256 e. The predicted octanol–water partition coefficient (Wildman–Crippen LogP) is 4.21. The maximum absolute atomic E-state index is 13.3. The summed E-state index contributed by atoms with van der Waals surface area (Å²) in [5.41, 5.74) is 3.93. The third kappa shape index (κ3) is 3.27. The molecule has 1 N–H and O–H groups in total. The second-order valence-electron chi connectivity index (χ2n) is 10.5. The van der Waals surface area contributed by atoms with E-state index >= 15 is 0 Å². The molecule has 3 fully saturated rings. The van der Waals surface area contributed by atoms with Gasteiger partial charge in [-0.05, 0) is 72.7 Å². The van der Waals surface area contributed by atoms with Crippen LogP contribution in [0, 0.1) is 11.8 Å². The Hall–Kier alpha value is -3.41. The molecule has 2 amide bonds. The topological polar surface area (TPSA) is 68.8 Å². The van der Waals surface area contributed by atoms with Gasteiger partial charge in [-0.2, -0.15) is 0 Å². The van der Waals surface area contributed by atoms with Crippen LogP contribution in [0.1, 0.15) is 37.7 Å². The fourth-order valence-corrected chi connectivity index (χ4v) is 5.57. The zero-order chi connectivity index (χ0) is 22.9. The number of H-pyrrole nitrogens is 1. The number of nitrogens with one attached hydrogen (secondary N) is 1. The molecule has 0 unspecified atom stereocenters. The van der Waals surface area contributed by atoms with Gasteiger partial charge in [-0.15, -0.1) is 0 Å². The van der Waals surface area contributed by atoms with Crippen molar-refractivity contribution in [2.24, 2.45) is 16.8 Å². The van der Waals surface area contributed by atoms with E-state index in [-0.39, 0.29) is 11.8 Å². The summed E-state index contributed by atoms with van der Waals surface area (Å²) in [6, 6.07) is 16.9. The van der Waals surface area contributed by atoms with Crippen molar-refractivity contribution in [3.05, 3.63) is 60.3 Å². The molecule has 2 saturated carbocycles. The molecule has 0 bridgehead atoms. The molecule has 0 radical (unpaired) electrons. The first-order chi connectivity index (χ1) is 16.6. The molecule has 2 aliphatic heterocycles. The number of hydrogen-bond donors (Lipinski definition) is 1. The zero-order valence-electron chi connectivity index (χ0n) is 19.2. The number of benzene rings is 2. The van der Waals surface area contributed by atoms with Crippen molar-refractivity contribution in [3.63, 3.8) is 0 Å². The summed E-state index contributed by atoms with van der Waals surface area (Å²) in [6.45, 7) is 2.24. The molecule has 172 valence electrons. The summed E-state index contributed by atoms with van der Waals surface area (Å²) in [5, 5.41) is 1.19. The second kappa shape index (κ2) is 7.29. The van der Waals surface area contributed by atoms with Gasteiger partial charge in [0.05, 0.1) is 0 Å². The van der Waals surface area contributed by atoms with Gasteiger partial charge in [0, 0.05) is 42.8 Å². The van der Waals surface area contributed by atoms with Crippen molar-refractivity contribution in [2.45, 2.75) is 37.6 Å². The van der Waals surface area contributed by atoms with Gasteiger partial charge in [0.15, 0.2) is 0 Å². The van der Waals surface area contributed by atoms with Crippen molar-refractivity contribution in [1.29, 1.82) is 0 Å². The summed E-state index contributed by atoms with van der Waals surface area (Å²) in [4.78, 5) is 37.9. The van der Waals surface area contributed by atoms with Crippen LogP contribution in [-0.2, 0) is 9.59 Å². The summed E-state index contributed by atoms with van der Waals surface area (Å²) < 4.78 is 0. The van der Waals surface area contributed by atoms with Crippen molar-refractivity contribution in [1.82, 2.24) is 14.8 Å². The summed E-state index contributed by atoms with van der Waals surface area (Å²) in [5.74, 6) is 1.85. The molecular weight excluding hydrogens is 424 g/mol. The quantitative estimate of drug-likeness (QED) is 0.630. The van der Waals surface area contributed by atoms with Gasteiger partial charge in [-0.1, -0.05) is 30.3 Å². The summed E-state index contributed by atoms with van der Waals surface area (Å²) in [6.07, 6.45) is 6.69. The number of fused-ring (bicyclic) bond motifs is 1. The van der Waals surface area contributed by atoms with E-state index in [4.69, 9.17) is 4.99 Å². The highest BCUT2D eigenvalue weighted by Crippen LogP contribution is 2.46. The smallest absolute Gasteiger partial charge is 0.256 e. The van der Waals surface area contributed by atoms with Crippen LogP contribution < -0.4 is 0 Å². The number of nitrogens with zero attached hydrogens (tertiary/aromatic N) is 3. The highest BCUT2D eigenvalue weighted by atomic mass is 16.2. The lowest BCUT2D eigenvalue weighted by atomic mass is 10.0. The van der Waals surface area contributed by atoms with E-state index in [2.05, 4.69) is 53.5 Å². The number of rotatable bonds is 5. The monoisotopic (exact) mass is 452 g/mol. The number of carbonyl (C=O) groups is 2. The lowest BCUT2D eigenvalue weighted by Crippen LogP contribution is -2.40. The number of hydrogen-bond acceptors (Lipinski definition) is 3. The Morgan fingerprint density at radius 1 is 1.00 bits per heavy atom. The van der Waals surface area contributed by atoms with Gasteiger partial charge in [-0.3, -0.25) is 19.5 Å². The first kappa shape index (κ1) is 20.0. The maximum atomic E-state index is 13.3. The van der Waals surface area contributed by atoms with Crippen molar-refractivity contribution in [3.8, 4) is 11.1 Å². The Kier molecular flexibility index (Phi) is 4.29. The molecule has 1 atom stereocenters. The molecule has 2 aliphatic carbocycles. The van der Waals surface area contributed by atoms with Crippen LogP contribution in [0.25, 0.3) is 22.0 Å². The molecule has 3 heterocycles. The fourth-order valence-electron chi connectivity index (χ4n) is 5.57. The van der Waals surface area contributed by atoms with Crippen molar-refractivity contribution < 1.29 is 9.59 Å². The summed E-state index contributed by atoms with van der Waals surface area (Å²) >= 11 is 0. The Labute approximate surface area is 198 Å². The van der Waals surface area contributed by atoms with E-state index in [0.29, 0.717) is 18.4 Å². The number of amidine groups is 1. The third-order valence-corrected chi connectivity index (χ3v) is 7.94. The normalized spacial score (nSPS) is 23.2. The average Bonchev–Trinajstić information content (AvgIpc) is 3.74.